The summed E-state index contributed by atoms with van der Waals surface area (Å²) >= 11 is 6.32. The van der Waals surface area contributed by atoms with Crippen molar-refractivity contribution < 1.29 is 14.3 Å². The summed E-state index contributed by atoms with van der Waals surface area (Å²) < 4.78 is 16.1. The van der Waals surface area contributed by atoms with Crippen molar-refractivity contribution >= 4 is 23.2 Å². The highest BCUT2D eigenvalue weighted by Crippen LogP contribution is 2.32. The second-order valence-corrected chi connectivity index (χ2v) is 10.5. The molecule has 2 saturated heterocycles. The van der Waals surface area contributed by atoms with E-state index in [0.29, 0.717) is 18.2 Å². The van der Waals surface area contributed by atoms with Crippen molar-refractivity contribution in [3.8, 4) is 0 Å². The summed E-state index contributed by atoms with van der Waals surface area (Å²) in [5.74, 6) is 0.448. The SMILES string of the molecule is Cc1c(Cl)cccc1N1CCC(CCn2nc(C(=O)N3CCC(O)[C@@H](F)C3)c3c2CCC3)CC1. The molecular formula is C26H34ClFN4O2. The van der Waals surface area contributed by atoms with Crippen LogP contribution in [0.1, 0.15) is 59.4 Å². The average Bonchev–Trinajstić information content (AvgIpc) is 3.45. The van der Waals surface area contributed by atoms with Crippen LogP contribution in [-0.4, -0.2) is 64.1 Å². The van der Waals surface area contributed by atoms with E-state index in [2.05, 4.69) is 22.6 Å². The number of aliphatic hydroxyl groups is 1. The van der Waals surface area contributed by atoms with Crippen LogP contribution in [0.4, 0.5) is 10.1 Å². The van der Waals surface area contributed by atoms with Gasteiger partial charge in [-0.3, -0.25) is 9.48 Å². The van der Waals surface area contributed by atoms with E-state index in [4.69, 9.17) is 16.7 Å². The first-order valence-corrected chi connectivity index (χ1v) is 13.0. The summed E-state index contributed by atoms with van der Waals surface area (Å²) in [4.78, 5) is 17.1. The zero-order valence-electron chi connectivity index (χ0n) is 19.8. The fourth-order valence-electron chi connectivity index (χ4n) is 5.80. The Kier molecular flexibility index (Phi) is 6.85. The number of anilines is 1. The molecule has 2 fully saturated rings. The van der Waals surface area contributed by atoms with Crippen molar-refractivity contribution in [3.05, 3.63) is 45.7 Å². The maximum Gasteiger partial charge on any atom is 0.274 e. The van der Waals surface area contributed by atoms with E-state index in [0.717, 1.165) is 74.3 Å². The maximum atomic E-state index is 14.0. The van der Waals surface area contributed by atoms with Crippen LogP contribution in [0.5, 0.6) is 0 Å². The highest BCUT2D eigenvalue weighted by molar-refractivity contribution is 6.31. The second-order valence-electron chi connectivity index (χ2n) is 10.1. The van der Waals surface area contributed by atoms with Gasteiger partial charge in [0.1, 0.15) is 6.17 Å². The molecule has 1 aromatic heterocycles. The van der Waals surface area contributed by atoms with Crippen LogP contribution in [0.2, 0.25) is 5.02 Å². The largest absolute Gasteiger partial charge is 0.390 e. The van der Waals surface area contributed by atoms with Gasteiger partial charge in [0.2, 0.25) is 0 Å². The maximum absolute atomic E-state index is 14.0. The Morgan fingerprint density at radius 2 is 2.00 bits per heavy atom. The average molecular weight is 489 g/mol. The van der Waals surface area contributed by atoms with Crippen LogP contribution >= 0.6 is 11.6 Å². The number of alkyl halides is 1. The van der Waals surface area contributed by atoms with E-state index in [1.54, 1.807) is 0 Å². The molecule has 1 N–H and O–H groups in total. The molecule has 1 aromatic carbocycles. The smallest absolute Gasteiger partial charge is 0.274 e. The second kappa shape index (κ2) is 9.86. The normalized spacial score (nSPS) is 23.4. The first-order chi connectivity index (χ1) is 16.4. The number of hydrogen-bond donors (Lipinski definition) is 1. The Labute approximate surface area is 205 Å². The number of aliphatic hydroxyl groups excluding tert-OH is 1. The third-order valence-corrected chi connectivity index (χ3v) is 8.36. The van der Waals surface area contributed by atoms with Gasteiger partial charge in [0, 0.05) is 48.1 Å². The Morgan fingerprint density at radius 1 is 1.21 bits per heavy atom. The van der Waals surface area contributed by atoms with Gasteiger partial charge in [-0.25, -0.2) is 4.39 Å². The Morgan fingerprint density at radius 3 is 2.76 bits per heavy atom. The third-order valence-electron chi connectivity index (χ3n) is 7.95. The minimum atomic E-state index is -1.38. The van der Waals surface area contributed by atoms with Crippen molar-refractivity contribution in [1.29, 1.82) is 0 Å². The zero-order chi connectivity index (χ0) is 23.8. The van der Waals surface area contributed by atoms with Gasteiger partial charge >= 0.3 is 0 Å². The molecule has 34 heavy (non-hydrogen) atoms. The van der Waals surface area contributed by atoms with Gasteiger partial charge in [-0.05, 0) is 75.5 Å². The number of fused-ring (bicyclic) bond motifs is 1. The summed E-state index contributed by atoms with van der Waals surface area (Å²) in [6.45, 7) is 5.29. The van der Waals surface area contributed by atoms with E-state index < -0.39 is 12.3 Å². The number of carbonyl (C=O) groups excluding carboxylic acids is 1. The molecule has 0 bridgehead atoms. The third kappa shape index (κ3) is 4.57. The van der Waals surface area contributed by atoms with Gasteiger partial charge in [-0.15, -0.1) is 0 Å². The molecule has 0 radical (unpaired) electrons. The number of hydrogen-bond acceptors (Lipinski definition) is 4. The summed E-state index contributed by atoms with van der Waals surface area (Å²) in [6.07, 6.45) is 4.10. The summed E-state index contributed by atoms with van der Waals surface area (Å²) in [5, 5.41) is 15.2. The lowest BCUT2D eigenvalue weighted by Gasteiger charge is -2.34. The molecule has 3 aliphatic rings. The molecule has 5 rings (SSSR count). The molecule has 3 heterocycles. The van der Waals surface area contributed by atoms with Crippen LogP contribution in [0.3, 0.4) is 0 Å². The first-order valence-electron chi connectivity index (χ1n) is 12.6. The van der Waals surface area contributed by atoms with Crippen molar-refractivity contribution in [1.82, 2.24) is 14.7 Å². The fourth-order valence-corrected chi connectivity index (χ4v) is 5.97. The molecule has 1 amide bonds. The van der Waals surface area contributed by atoms with Crippen LogP contribution < -0.4 is 4.90 Å². The quantitative estimate of drug-likeness (QED) is 0.685. The standard InChI is InChI=1S/C26H34ClFN4O2/c1-17-20(27)5-3-6-22(17)30-12-8-18(9-13-30)10-15-32-23-7-2-4-19(23)25(29-32)26(34)31-14-11-24(33)21(28)16-31/h3,5-6,18,21,24,33H,2,4,7-16H2,1H3/t21-,24?/m0/s1. The lowest BCUT2D eigenvalue weighted by Crippen LogP contribution is -2.47. The monoisotopic (exact) mass is 488 g/mol. The number of amides is 1. The van der Waals surface area contributed by atoms with Gasteiger partial charge in [0.15, 0.2) is 5.69 Å². The van der Waals surface area contributed by atoms with Gasteiger partial charge < -0.3 is 14.9 Å². The van der Waals surface area contributed by atoms with E-state index in [9.17, 15) is 14.3 Å². The zero-order valence-corrected chi connectivity index (χ0v) is 20.6. The molecular weight excluding hydrogens is 455 g/mol. The Hall–Kier alpha value is -2.12. The molecule has 1 aliphatic carbocycles. The number of rotatable bonds is 5. The summed E-state index contributed by atoms with van der Waals surface area (Å²) in [6, 6.07) is 6.12. The van der Waals surface area contributed by atoms with E-state index >= 15 is 0 Å². The number of benzene rings is 1. The number of aromatic nitrogens is 2. The number of piperidine rings is 2. The Bertz CT molecular complexity index is 1050. The molecule has 6 nitrogen and oxygen atoms in total. The van der Waals surface area contributed by atoms with Crippen molar-refractivity contribution in [2.45, 2.75) is 70.7 Å². The summed E-state index contributed by atoms with van der Waals surface area (Å²) in [7, 11) is 0. The molecule has 0 spiro atoms. The lowest BCUT2D eigenvalue weighted by atomic mass is 9.93. The number of likely N-dealkylation sites (tertiary alicyclic amines) is 1. The van der Waals surface area contributed by atoms with E-state index in [-0.39, 0.29) is 18.9 Å². The van der Waals surface area contributed by atoms with Crippen molar-refractivity contribution in [2.24, 2.45) is 5.92 Å². The van der Waals surface area contributed by atoms with E-state index in [1.807, 2.05) is 12.1 Å². The Balaban J connectivity index is 1.21. The summed E-state index contributed by atoms with van der Waals surface area (Å²) in [5.41, 5.74) is 5.12. The predicted molar refractivity (Wildman–Crippen MR) is 131 cm³/mol. The first kappa shape index (κ1) is 23.6. The highest BCUT2D eigenvalue weighted by Gasteiger charge is 2.34. The number of halogens is 2. The molecule has 184 valence electrons. The molecule has 8 heteroatoms. The topological polar surface area (TPSA) is 61.6 Å². The molecule has 2 aliphatic heterocycles. The molecule has 2 atom stereocenters. The predicted octanol–water partition coefficient (Wildman–Crippen LogP) is 4.19. The number of aryl methyl sites for hydroxylation is 1. The minimum Gasteiger partial charge on any atom is -0.390 e. The van der Waals surface area contributed by atoms with Crippen LogP contribution in [0.25, 0.3) is 0 Å². The van der Waals surface area contributed by atoms with Gasteiger partial charge in [-0.1, -0.05) is 17.7 Å². The van der Waals surface area contributed by atoms with Crippen LogP contribution in [-0.2, 0) is 19.4 Å². The molecule has 0 saturated carbocycles. The highest BCUT2D eigenvalue weighted by atomic mass is 35.5. The number of carbonyl (C=O) groups is 1. The fraction of sp³-hybridized carbons (Fsp3) is 0.615. The van der Waals surface area contributed by atoms with E-state index in [1.165, 1.54) is 16.3 Å². The van der Waals surface area contributed by atoms with Crippen LogP contribution in [0.15, 0.2) is 18.2 Å². The van der Waals surface area contributed by atoms with Gasteiger partial charge in [-0.2, -0.15) is 5.10 Å². The van der Waals surface area contributed by atoms with Crippen molar-refractivity contribution in [3.63, 3.8) is 0 Å². The van der Waals surface area contributed by atoms with Crippen LogP contribution in [0, 0.1) is 12.8 Å². The van der Waals surface area contributed by atoms with Crippen molar-refractivity contribution in [2.75, 3.05) is 31.1 Å². The molecule has 2 aromatic rings. The van der Waals surface area contributed by atoms with Gasteiger partial charge in [0.05, 0.1) is 12.6 Å². The molecule has 1 unspecified atom stereocenters. The lowest BCUT2D eigenvalue weighted by molar-refractivity contribution is 0.00795. The van der Waals surface area contributed by atoms with Gasteiger partial charge in [0.25, 0.3) is 5.91 Å². The number of nitrogens with zero attached hydrogens (tertiary/aromatic N) is 4. The minimum absolute atomic E-state index is 0.0493.